The average molecular weight is 199 g/mol. The molecule has 0 amide bonds. The van der Waals surface area contributed by atoms with Crippen LogP contribution in [0.15, 0.2) is 0 Å². The molecule has 2 N–H and O–H groups in total. The van der Waals surface area contributed by atoms with E-state index in [1.807, 2.05) is 0 Å². The van der Waals surface area contributed by atoms with E-state index in [1.54, 1.807) is 0 Å². The van der Waals surface area contributed by atoms with Crippen LogP contribution < -0.4 is 5.32 Å². The smallest absolute Gasteiger partial charge is 0.0616 e. The van der Waals surface area contributed by atoms with Crippen LogP contribution in [0.3, 0.4) is 0 Å². The summed E-state index contributed by atoms with van der Waals surface area (Å²) in [5.74, 6) is 0.595. The minimum absolute atomic E-state index is 0.00926. The molecular weight excluding hydrogens is 174 g/mol. The Kier molecular flexibility index (Phi) is 4.39. The highest BCUT2D eigenvalue weighted by Crippen LogP contribution is 2.32. The standard InChI is InChI=1S/C12H25NO/c1-10(2)13-12(9-14)8-6-4-5-7-11(12)3/h10-11,13-14H,4-9H2,1-3H3. The van der Waals surface area contributed by atoms with Crippen molar-refractivity contribution in [2.75, 3.05) is 6.61 Å². The molecule has 2 nitrogen and oxygen atoms in total. The Bertz CT molecular complexity index is 170. The average Bonchev–Trinajstić information content (AvgIpc) is 2.29. The Morgan fingerprint density at radius 2 is 2.07 bits per heavy atom. The van der Waals surface area contributed by atoms with Crippen molar-refractivity contribution in [1.82, 2.24) is 5.32 Å². The van der Waals surface area contributed by atoms with Crippen LogP contribution in [0.25, 0.3) is 0 Å². The maximum Gasteiger partial charge on any atom is 0.0616 e. The molecule has 2 atom stereocenters. The molecule has 0 spiro atoms. The van der Waals surface area contributed by atoms with Crippen molar-refractivity contribution in [3.63, 3.8) is 0 Å². The predicted molar refractivity (Wildman–Crippen MR) is 60.3 cm³/mol. The monoisotopic (exact) mass is 199 g/mol. The van der Waals surface area contributed by atoms with Gasteiger partial charge in [-0.2, -0.15) is 0 Å². The van der Waals surface area contributed by atoms with Crippen molar-refractivity contribution >= 4 is 0 Å². The van der Waals surface area contributed by atoms with Gasteiger partial charge in [0.25, 0.3) is 0 Å². The third-order valence-corrected chi connectivity index (χ3v) is 3.56. The van der Waals surface area contributed by atoms with E-state index in [0.717, 1.165) is 6.42 Å². The van der Waals surface area contributed by atoms with Crippen LogP contribution in [0.2, 0.25) is 0 Å². The van der Waals surface area contributed by atoms with Gasteiger partial charge in [-0.1, -0.05) is 40.0 Å². The van der Waals surface area contributed by atoms with Crippen molar-refractivity contribution in [3.8, 4) is 0 Å². The second kappa shape index (κ2) is 5.13. The molecule has 0 aromatic carbocycles. The Morgan fingerprint density at radius 3 is 2.64 bits per heavy atom. The van der Waals surface area contributed by atoms with Gasteiger partial charge in [0.2, 0.25) is 0 Å². The van der Waals surface area contributed by atoms with Gasteiger partial charge in [0.05, 0.1) is 6.61 Å². The first kappa shape index (κ1) is 12.0. The summed E-state index contributed by atoms with van der Waals surface area (Å²) in [6.45, 7) is 6.88. The molecule has 0 aromatic rings. The summed E-state index contributed by atoms with van der Waals surface area (Å²) in [6, 6.07) is 0.461. The van der Waals surface area contributed by atoms with Gasteiger partial charge in [-0.3, -0.25) is 0 Å². The van der Waals surface area contributed by atoms with Crippen LogP contribution in [0.5, 0.6) is 0 Å². The molecule has 84 valence electrons. The highest BCUT2D eigenvalue weighted by molar-refractivity contribution is 4.94. The molecule has 1 fully saturated rings. The van der Waals surface area contributed by atoms with Gasteiger partial charge in [0, 0.05) is 11.6 Å². The van der Waals surface area contributed by atoms with E-state index >= 15 is 0 Å². The lowest BCUT2D eigenvalue weighted by molar-refractivity contribution is 0.0946. The second-order valence-electron chi connectivity index (χ2n) is 5.11. The largest absolute Gasteiger partial charge is 0.394 e. The molecule has 1 aliphatic rings. The van der Waals surface area contributed by atoms with Crippen LogP contribution in [0.1, 0.15) is 52.9 Å². The van der Waals surface area contributed by atoms with Crippen LogP contribution in [-0.2, 0) is 0 Å². The molecule has 0 aromatic heterocycles. The van der Waals surface area contributed by atoms with Gasteiger partial charge in [0.1, 0.15) is 0 Å². The first-order valence-electron chi connectivity index (χ1n) is 5.99. The third-order valence-electron chi connectivity index (χ3n) is 3.56. The number of aliphatic hydroxyl groups is 1. The van der Waals surface area contributed by atoms with Crippen LogP contribution >= 0.6 is 0 Å². The number of hydrogen-bond donors (Lipinski definition) is 2. The summed E-state index contributed by atoms with van der Waals surface area (Å²) in [7, 11) is 0. The first-order valence-corrected chi connectivity index (χ1v) is 5.99. The minimum atomic E-state index is -0.00926. The first-order chi connectivity index (χ1) is 6.60. The SMILES string of the molecule is CC(C)NC1(CO)CCCCCC1C. The fourth-order valence-electron chi connectivity index (χ4n) is 2.66. The summed E-state index contributed by atoms with van der Waals surface area (Å²) >= 11 is 0. The molecule has 2 unspecified atom stereocenters. The maximum atomic E-state index is 9.62. The van der Waals surface area contributed by atoms with Gasteiger partial charge in [0.15, 0.2) is 0 Å². The lowest BCUT2D eigenvalue weighted by Crippen LogP contribution is -2.55. The van der Waals surface area contributed by atoms with Gasteiger partial charge >= 0.3 is 0 Å². The Morgan fingerprint density at radius 1 is 1.36 bits per heavy atom. The Balaban J connectivity index is 2.70. The molecule has 2 heteroatoms. The Hall–Kier alpha value is -0.0800. The molecular formula is C12H25NO. The van der Waals surface area contributed by atoms with E-state index in [-0.39, 0.29) is 12.1 Å². The number of nitrogens with one attached hydrogen (secondary N) is 1. The lowest BCUT2D eigenvalue weighted by atomic mass is 9.81. The molecule has 0 radical (unpaired) electrons. The van der Waals surface area contributed by atoms with E-state index in [0.29, 0.717) is 12.0 Å². The molecule has 14 heavy (non-hydrogen) atoms. The summed E-state index contributed by atoms with van der Waals surface area (Å²) < 4.78 is 0. The van der Waals surface area contributed by atoms with Crippen molar-refractivity contribution in [2.45, 2.75) is 64.5 Å². The molecule has 0 saturated heterocycles. The zero-order chi connectivity index (χ0) is 10.6. The van der Waals surface area contributed by atoms with E-state index in [9.17, 15) is 5.11 Å². The highest BCUT2D eigenvalue weighted by Gasteiger charge is 2.36. The van der Waals surface area contributed by atoms with Crippen LogP contribution in [-0.4, -0.2) is 23.3 Å². The lowest BCUT2D eigenvalue weighted by Gasteiger charge is -2.39. The van der Waals surface area contributed by atoms with Crippen LogP contribution in [0, 0.1) is 5.92 Å². The fourth-order valence-corrected chi connectivity index (χ4v) is 2.66. The number of aliphatic hydroxyl groups excluding tert-OH is 1. The van der Waals surface area contributed by atoms with Gasteiger partial charge < -0.3 is 10.4 Å². The van der Waals surface area contributed by atoms with E-state index in [2.05, 4.69) is 26.1 Å². The summed E-state index contributed by atoms with van der Waals surface area (Å²) in [5.41, 5.74) is -0.00926. The van der Waals surface area contributed by atoms with Gasteiger partial charge in [-0.05, 0) is 18.8 Å². The van der Waals surface area contributed by atoms with Crippen LogP contribution in [0.4, 0.5) is 0 Å². The zero-order valence-electron chi connectivity index (χ0n) is 9.84. The van der Waals surface area contributed by atoms with E-state index in [1.165, 1.54) is 25.7 Å². The van der Waals surface area contributed by atoms with Crippen molar-refractivity contribution in [2.24, 2.45) is 5.92 Å². The van der Waals surface area contributed by atoms with E-state index in [4.69, 9.17) is 0 Å². The van der Waals surface area contributed by atoms with Gasteiger partial charge in [-0.15, -0.1) is 0 Å². The second-order valence-corrected chi connectivity index (χ2v) is 5.11. The highest BCUT2D eigenvalue weighted by atomic mass is 16.3. The molecule has 0 aliphatic heterocycles. The fraction of sp³-hybridized carbons (Fsp3) is 1.00. The maximum absolute atomic E-state index is 9.62. The minimum Gasteiger partial charge on any atom is -0.394 e. The third kappa shape index (κ3) is 2.71. The molecule has 1 saturated carbocycles. The zero-order valence-corrected chi connectivity index (χ0v) is 9.84. The Labute approximate surface area is 88.1 Å². The molecule has 0 heterocycles. The summed E-state index contributed by atoms with van der Waals surface area (Å²) in [5, 5.41) is 13.2. The van der Waals surface area contributed by atoms with Crippen molar-refractivity contribution in [3.05, 3.63) is 0 Å². The van der Waals surface area contributed by atoms with Gasteiger partial charge in [-0.25, -0.2) is 0 Å². The molecule has 1 aliphatic carbocycles. The topological polar surface area (TPSA) is 32.3 Å². The quantitative estimate of drug-likeness (QED) is 0.684. The number of hydrogen-bond acceptors (Lipinski definition) is 2. The van der Waals surface area contributed by atoms with Crippen molar-refractivity contribution < 1.29 is 5.11 Å². The summed E-state index contributed by atoms with van der Waals surface area (Å²) in [4.78, 5) is 0. The number of rotatable bonds is 3. The predicted octanol–water partition coefficient (Wildman–Crippen LogP) is 2.32. The summed E-state index contributed by atoms with van der Waals surface area (Å²) in [6.07, 6.45) is 6.28. The normalized spacial score (nSPS) is 34.5. The van der Waals surface area contributed by atoms with Crippen molar-refractivity contribution in [1.29, 1.82) is 0 Å². The van der Waals surface area contributed by atoms with E-state index < -0.39 is 0 Å². The molecule has 0 bridgehead atoms. The molecule has 1 rings (SSSR count).